The quantitative estimate of drug-likeness (QED) is 0.358. The summed E-state index contributed by atoms with van der Waals surface area (Å²) in [5.41, 5.74) is 3.86. The highest BCUT2D eigenvalue weighted by Gasteiger charge is 2.19. The van der Waals surface area contributed by atoms with Gasteiger partial charge >= 0.3 is 0 Å². The van der Waals surface area contributed by atoms with E-state index < -0.39 is 0 Å². The largest absolute Gasteiger partial charge is 0.507 e. The summed E-state index contributed by atoms with van der Waals surface area (Å²) in [6.45, 7) is 1.94. The van der Waals surface area contributed by atoms with Gasteiger partial charge in [-0.3, -0.25) is 0 Å². The third kappa shape index (κ3) is 3.53. The van der Waals surface area contributed by atoms with Gasteiger partial charge in [0.1, 0.15) is 5.75 Å². The average molecular weight is 395 g/mol. The van der Waals surface area contributed by atoms with Gasteiger partial charge in [0.25, 0.3) is 0 Å². The minimum absolute atomic E-state index is 0.107. The number of rotatable bonds is 3. The van der Waals surface area contributed by atoms with Crippen LogP contribution in [0.15, 0.2) is 51.9 Å². The Morgan fingerprint density at radius 3 is 2.75 bits per heavy atom. The van der Waals surface area contributed by atoms with E-state index in [-0.39, 0.29) is 23.3 Å². The fraction of sp³-hybridized carbons (Fsp3) is 0.238. The van der Waals surface area contributed by atoms with E-state index in [0.29, 0.717) is 5.56 Å². The monoisotopic (exact) mass is 395 g/mol. The van der Waals surface area contributed by atoms with Gasteiger partial charge in [-0.15, -0.1) is 11.3 Å². The third-order valence-corrected chi connectivity index (χ3v) is 5.84. The van der Waals surface area contributed by atoms with Crippen molar-refractivity contribution in [3.63, 3.8) is 0 Å². The van der Waals surface area contributed by atoms with Crippen molar-refractivity contribution in [3.05, 3.63) is 69.0 Å². The fourth-order valence-electron chi connectivity index (χ4n) is 3.42. The van der Waals surface area contributed by atoms with Crippen molar-refractivity contribution in [2.45, 2.75) is 32.2 Å². The lowest BCUT2D eigenvalue weighted by molar-refractivity contribution is 0.396. The van der Waals surface area contributed by atoms with Gasteiger partial charge in [-0.1, -0.05) is 24.3 Å². The van der Waals surface area contributed by atoms with Crippen LogP contribution in [0, 0.1) is 6.92 Å². The molecule has 0 radical (unpaired) electrons. The summed E-state index contributed by atoms with van der Waals surface area (Å²) < 4.78 is 1.73. The van der Waals surface area contributed by atoms with Gasteiger partial charge in [-0.2, -0.15) is 5.10 Å². The number of benzene rings is 2. The lowest BCUT2D eigenvalue weighted by atomic mass is 9.88. The molecule has 0 fully saturated rings. The van der Waals surface area contributed by atoms with E-state index in [4.69, 9.17) is 4.99 Å². The zero-order chi connectivity index (χ0) is 19.7. The van der Waals surface area contributed by atoms with E-state index in [9.17, 15) is 15.3 Å². The Hall–Kier alpha value is -3.06. The number of aryl methyl sites for hydroxylation is 2. The number of phenolic OH excluding ortho intramolecular Hbond substituents is 3. The van der Waals surface area contributed by atoms with Gasteiger partial charge in [0.05, 0.1) is 18.0 Å². The SMILES string of the molecule is Cc1csc(=NC2CCCc3ccccc32)n1/N=C/c1cc(O)c(O)cc1O. The first kappa shape index (κ1) is 18.3. The van der Waals surface area contributed by atoms with Crippen LogP contribution in [0.4, 0.5) is 0 Å². The molecule has 144 valence electrons. The minimum Gasteiger partial charge on any atom is -0.507 e. The molecule has 2 aromatic carbocycles. The van der Waals surface area contributed by atoms with Crippen molar-refractivity contribution in [3.8, 4) is 17.2 Å². The van der Waals surface area contributed by atoms with Gasteiger partial charge in [0.2, 0.25) is 4.80 Å². The highest BCUT2D eigenvalue weighted by Crippen LogP contribution is 2.32. The number of hydrogen-bond acceptors (Lipinski definition) is 6. The Morgan fingerprint density at radius 2 is 1.89 bits per heavy atom. The molecule has 0 saturated heterocycles. The second kappa shape index (κ2) is 7.52. The normalized spacial score (nSPS) is 17.2. The second-order valence-corrected chi connectivity index (χ2v) is 7.69. The first-order valence-electron chi connectivity index (χ1n) is 9.11. The molecule has 0 spiro atoms. The number of aromatic hydroxyl groups is 3. The molecule has 6 nitrogen and oxygen atoms in total. The number of aromatic nitrogens is 1. The molecule has 1 heterocycles. The molecular weight excluding hydrogens is 374 g/mol. The summed E-state index contributed by atoms with van der Waals surface area (Å²) in [7, 11) is 0. The molecule has 1 aromatic heterocycles. The predicted molar refractivity (Wildman–Crippen MR) is 109 cm³/mol. The molecule has 7 heteroatoms. The molecule has 1 atom stereocenters. The summed E-state index contributed by atoms with van der Waals surface area (Å²) in [6.07, 6.45) is 4.65. The van der Waals surface area contributed by atoms with Crippen LogP contribution in [0.25, 0.3) is 0 Å². The van der Waals surface area contributed by atoms with Crippen LogP contribution in [-0.4, -0.2) is 26.2 Å². The van der Waals surface area contributed by atoms with Crippen molar-refractivity contribution in [1.82, 2.24) is 4.68 Å². The van der Waals surface area contributed by atoms with E-state index >= 15 is 0 Å². The van der Waals surface area contributed by atoms with Crippen LogP contribution in [0.3, 0.4) is 0 Å². The van der Waals surface area contributed by atoms with Crippen molar-refractivity contribution in [1.29, 1.82) is 0 Å². The van der Waals surface area contributed by atoms with E-state index in [1.807, 2.05) is 12.3 Å². The molecule has 1 aliphatic carbocycles. The topological polar surface area (TPSA) is 90.3 Å². The smallest absolute Gasteiger partial charge is 0.206 e. The molecular formula is C21H21N3O3S. The zero-order valence-corrected chi connectivity index (χ0v) is 16.2. The van der Waals surface area contributed by atoms with E-state index in [2.05, 4.69) is 29.4 Å². The number of fused-ring (bicyclic) bond motifs is 1. The van der Waals surface area contributed by atoms with Crippen LogP contribution in [-0.2, 0) is 6.42 Å². The number of nitrogens with zero attached hydrogens (tertiary/aromatic N) is 3. The maximum Gasteiger partial charge on any atom is 0.206 e. The Morgan fingerprint density at radius 1 is 1.11 bits per heavy atom. The maximum absolute atomic E-state index is 9.96. The molecule has 1 aliphatic rings. The zero-order valence-electron chi connectivity index (χ0n) is 15.4. The Bertz CT molecular complexity index is 1110. The first-order chi connectivity index (χ1) is 13.5. The van der Waals surface area contributed by atoms with Gasteiger partial charge in [0, 0.05) is 17.0 Å². The lowest BCUT2D eigenvalue weighted by Crippen LogP contribution is -2.16. The third-order valence-electron chi connectivity index (χ3n) is 4.89. The van der Waals surface area contributed by atoms with E-state index in [0.717, 1.165) is 35.8 Å². The summed E-state index contributed by atoms with van der Waals surface area (Å²) in [4.78, 5) is 5.74. The number of phenols is 3. The fourth-order valence-corrected chi connectivity index (χ4v) is 4.27. The number of thiazole rings is 1. The van der Waals surface area contributed by atoms with E-state index in [1.165, 1.54) is 34.7 Å². The summed E-state index contributed by atoms with van der Waals surface area (Å²) in [6, 6.07) is 10.9. The molecule has 3 N–H and O–H groups in total. The van der Waals surface area contributed by atoms with Crippen LogP contribution in [0.1, 0.15) is 41.3 Å². The van der Waals surface area contributed by atoms with Crippen LogP contribution in [0.5, 0.6) is 17.2 Å². The maximum atomic E-state index is 9.96. The van der Waals surface area contributed by atoms with E-state index in [1.54, 1.807) is 4.68 Å². The summed E-state index contributed by atoms with van der Waals surface area (Å²) in [5, 5.41) is 35.5. The summed E-state index contributed by atoms with van der Waals surface area (Å²) in [5.74, 6) is -0.845. The molecule has 4 rings (SSSR count). The van der Waals surface area contributed by atoms with Crippen molar-refractivity contribution in [2.75, 3.05) is 0 Å². The van der Waals surface area contributed by atoms with Crippen molar-refractivity contribution in [2.24, 2.45) is 10.1 Å². The molecule has 0 saturated carbocycles. The summed E-state index contributed by atoms with van der Waals surface area (Å²) >= 11 is 1.52. The van der Waals surface area contributed by atoms with Crippen molar-refractivity contribution >= 4 is 17.6 Å². The minimum atomic E-state index is -0.374. The standard InChI is InChI=1S/C21H21N3O3S/c1-13-12-28-21(23-17-8-4-6-14-5-2-3-7-16(14)17)24(13)22-11-15-9-19(26)20(27)10-18(15)25/h2-3,5,7,9-12,17,25-27H,4,6,8H2,1H3/b22-11+,23-21?. The highest BCUT2D eigenvalue weighted by atomic mass is 32.1. The molecule has 0 bridgehead atoms. The number of hydrogen-bond donors (Lipinski definition) is 3. The predicted octanol–water partition coefficient (Wildman–Crippen LogP) is 3.84. The van der Waals surface area contributed by atoms with Crippen LogP contribution < -0.4 is 4.80 Å². The van der Waals surface area contributed by atoms with Gasteiger partial charge in [0.15, 0.2) is 11.5 Å². The molecule has 0 aliphatic heterocycles. The average Bonchev–Trinajstić information content (AvgIpc) is 3.03. The highest BCUT2D eigenvalue weighted by molar-refractivity contribution is 7.07. The van der Waals surface area contributed by atoms with Gasteiger partial charge in [-0.05, 0) is 43.4 Å². The first-order valence-corrected chi connectivity index (χ1v) is 9.99. The molecule has 0 amide bonds. The molecule has 28 heavy (non-hydrogen) atoms. The molecule has 1 unspecified atom stereocenters. The van der Waals surface area contributed by atoms with Crippen molar-refractivity contribution < 1.29 is 15.3 Å². The second-order valence-electron chi connectivity index (χ2n) is 6.85. The Balaban J connectivity index is 1.71. The Labute approximate surface area is 166 Å². The molecule has 3 aromatic rings. The van der Waals surface area contributed by atoms with Gasteiger partial charge < -0.3 is 15.3 Å². The lowest BCUT2D eigenvalue weighted by Gasteiger charge is -2.21. The van der Waals surface area contributed by atoms with Crippen LogP contribution >= 0.6 is 11.3 Å². The van der Waals surface area contributed by atoms with Gasteiger partial charge in [-0.25, -0.2) is 9.67 Å². The van der Waals surface area contributed by atoms with Crippen LogP contribution in [0.2, 0.25) is 0 Å². The Kier molecular flexibility index (Phi) is 4.92.